The Morgan fingerprint density at radius 2 is 1.54 bits per heavy atom. The zero-order valence-corrected chi connectivity index (χ0v) is 18.9. The number of nitrogen functional groups attached to an aromatic ring is 1. The van der Waals surface area contributed by atoms with Crippen LogP contribution in [0.25, 0.3) is 0 Å². The lowest BCUT2D eigenvalue weighted by molar-refractivity contribution is -0.890. The highest BCUT2D eigenvalue weighted by atomic mass is 79.9. The minimum absolute atomic E-state index is 0. The fourth-order valence-electron chi connectivity index (χ4n) is 2.17. The number of nitrogens with zero attached hydrogens (tertiary/aromatic N) is 1. The molecule has 0 saturated heterocycles. The van der Waals surface area contributed by atoms with E-state index in [1.165, 1.54) is 5.56 Å². The van der Waals surface area contributed by atoms with E-state index in [2.05, 4.69) is 54.3 Å². The minimum atomic E-state index is 0. The molecule has 0 atom stereocenters. The maximum atomic E-state index is 5.79. The van der Waals surface area contributed by atoms with Crippen LogP contribution in [0.3, 0.4) is 0 Å². The third-order valence-electron chi connectivity index (χ3n) is 3.76. The van der Waals surface area contributed by atoms with Crippen molar-refractivity contribution >= 4 is 38.6 Å². The van der Waals surface area contributed by atoms with Gasteiger partial charge in [0, 0.05) is 16.6 Å². The Bertz CT molecular complexity index is 586. The number of quaternary nitrogens is 1. The Morgan fingerprint density at radius 3 is 2.12 bits per heavy atom. The summed E-state index contributed by atoms with van der Waals surface area (Å²) in [5.74, 6) is 0.877. The monoisotopic (exact) mass is 522 g/mol. The van der Waals surface area contributed by atoms with Crippen LogP contribution in [0.4, 0.5) is 5.69 Å². The number of hydrogen-bond donors (Lipinski definition) is 1. The molecular formula is C18H25Br3N2O. The molecule has 2 N–H and O–H groups in total. The fourth-order valence-corrected chi connectivity index (χ4v) is 2.43. The van der Waals surface area contributed by atoms with Crippen molar-refractivity contribution < 1.29 is 26.2 Å². The normalized spacial score (nSPS) is 10.5. The standard InChI is InChI=1S/C18H24BrN2O.2BrH/c1-21(2,12-11-15-3-5-16(19)6-4-15)13-14-22-18-9-7-17(20)8-10-18;;/h3-10H,11-14,20H2,1-2H3;2*1H/q+1;;/p-1. The zero-order valence-electron chi connectivity index (χ0n) is 14.0. The Kier molecular flexibility index (Phi) is 10.9. The van der Waals surface area contributed by atoms with Gasteiger partial charge in [-0.15, -0.1) is 17.0 Å². The summed E-state index contributed by atoms with van der Waals surface area (Å²) >= 11 is 3.47. The highest BCUT2D eigenvalue weighted by Crippen LogP contribution is 2.14. The Morgan fingerprint density at radius 1 is 0.958 bits per heavy atom. The van der Waals surface area contributed by atoms with Gasteiger partial charge < -0.3 is 31.9 Å². The second-order valence-corrected chi connectivity index (χ2v) is 7.09. The second kappa shape index (κ2) is 11.1. The SMILES string of the molecule is Br.C[N+](C)(CCOc1ccc(N)cc1)CCc1ccc(Br)cc1.[Br-]. The number of likely N-dealkylation sites (N-methyl/N-ethyl adjacent to an activating group) is 1. The van der Waals surface area contributed by atoms with Crippen molar-refractivity contribution in [3.63, 3.8) is 0 Å². The summed E-state index contributed by atoms with van der Waals surface area (Å²) in [6, 6.07) is 16.1. The van der Waals surface area contributed by atoms with E-state index in [-0.39, 0.29) is 34.0 Å². The molecule has 0 aliphatic carbocycles. The van der Waals surface area contributed by atoms with Crippen molar-refractivity contribution in [2.24, 2.45) is 0 Å². The van der Waals surface area contributed by atoms with Crippen molar-refractivity contribution in [1.29, 1.82) is 0 Å². The summed E-state index contributed by atoms with van der Waals surface area (Å²) < 4.78 is 7.85. The highest BCUT2D eigenvalue weighted by molar-refractivity contribution is 9.10. The Labute approximate surface area is 174 Å². The number of benzene rings is 2. The van der Waals surface area contributed by atoms with Crippen molar-refractivity contribution in [2.45, 2.75) is 6.42 Å². The molecule has 24 heavy (non-hydrogen) atoms. The first-order valence-electron chi connectivity index (χ1n) is 7.49. The lowest BCUT2D eigenvalue weighted by Crippen LogP contribution is -3.00. The van der Waals surface area contributed by atoms with Gasteiger partial charge >= 0.3 is 0 Å². The molecule has 2 aromatic rings. The maximum Gasteiger partial charge on any atom is 0.137 e. The van der Waals surface area contributed by atoms with Gasteiger partial charge in [-0.1, -0.05) is 28.1 Å². The van der Waals surface area contributed by atoms with Gasteiger partial charge in [-0.3, -0.25) is 0 Å². The fraction of sp³-hybridized carbons (Fsp3) is 0.333. The van der Waals surface area contributed by atoms with Gasteiger partial charge in [0.2, 0.25) is 0 Å². The van der Waals surface area contributed by atoms with Crippen LogP contribution in [-0.2, 0) is 6.42 Å². The van der Waals surface area contributed by atoms with Crippen LogP contribution in [0.2, 0.25) is 0 Å². The molecule has 0 fully saturated rings. The molecule has 0 unspecified atom stereocenters. The molecule has 134 valence electrons. The smallest absolute Gasteiger partial charge is 0.137 e. The number of halogens is 3. The molecule has 0 amide bonds. The molecule has 0 aromatic heterocycles. The average molecular weight is 525 g/mol. The van der Waals surface area contributed by atoms with Gasteiger partial charge in [-0.25, -0.2) is 0 Å². The molecule has 6 heteroatoms. The van der Waals surface area contributed by atoms with Gasteiger partial charge in [0.05, 0.1) is 20.6 Å². The van der Waals surface area contributed by atoms with Crippen LogP contribution in [-0.4, -0.2) is 38.3 Å². The predicted octanol–water partition coefficient (Wildman–Crippen LogP) is 1.31. The molecule has 0 aliphatic heterocycles. The van der Waals surface area contributed by atoms with E-state index in [4.69, 9.17) is 10.5 Å². The zero-order chi connectivity index (χ0) is 16.0. The van der Waals surface area contributed by atoms with Crippen LogP contribution >= 0.6 is 32.9 Å². The quantitative estimate of drug-likeness (QED) is 0.438. The summed E-state index contributed by atoms with van der Waals surface area (Å²) in [5.41, 5.74) is 7.80. The van der Waals surface area contributed by atoms with Gasteiger partial charge in [-0.05, 0) is 42.0 Å². The van der Waals surface area contributed by atoms with E-state index in [9.17, 15) is 0 Å². The summed E-state index contributed by atoms with van der Waals surface area (Å²) in [6.07, 6.45) is 1.07. The molecule has 3 nitrogen and oxygen atoms in total. The molecular weight excluding hydrogens is 500 g/mol. The Hall–Kier alpha value is -0.560. The van der Waals surface area contributed by atoms with E-state index in [1.807, 2.05) is 24.3 Å². The summed E-state index contributed by atoms with van der Waals surface area (Å²) in [6.45, 7) is 2.77. The average Bonchev–Trinajstić information content (AvgIpc) is 2.49. The molecule has 2 rings (SSSR count). The van der Waals surface area contributed by atoms with E-state index >= 15 is 0 Å². The van der Waals surface area contributed by atoms with Gasteiger partial charge in [0.1, 0.15) is 18.9 Å². The van der Waals surface area contributed by atoms with E-state index in [0.29, 0.717) is 6.61 Å². The van der Waals surface area contributed by atoms with Crippen LogP contribution < -0.4 is 27.5 Å². The third-order valence-corrected chi connectivity index (χ3v) is 4.29. The summed E-state index contributed by atoms with van der Waals surface area (Å²) in [7, 11) is 4.48. The maximum absolute atomic E-state index is 5.79. The molecule has 0 saturated carbocycles. The van der Waals surface area contributed by atoms with Gasteiger partial charge in [0.25, 0.3) is 0 Å². The molecule has 0 aliphatic rings. The van der Waals surface area contributed by atoms with E-state index in [1.54, 1.807) is 0 Å². The first-order valence-corrected chi connectivity index (χ1v) is 8.29. The molecule has 0 bridgehead atoms. The van der Waals surface area contributed by atoms with Crippen molar-refractivity contribution in [2.75, 3.05) is 39.5 Å². The van der Waals surface area contributed by atoms with Crippen LogP contribution in [0.5, 0.6) is 5.75 Å². The van der Waals surface area contributed by atoms with Gasteiger partial charge in [-0.2, -0.15) is 0 Å². The molecule has 0 spiro atoms. The van der Waals surface area contributed by atoms with E-state index in [0.717, 1.165) is 39.9 Å². The second-order valence-electron chi connectivity index (χ2n) is 6.18. The highest BCUT2D eigenvalue weighted by Gasteiger charge is 2.15. The lowest BCUT2D eigenvalue weighted by Gasteiger charge is -2.29. The van der Waals surface area contributed by atoms with Crippen LogP contribution in [0.1, 0.15) is 5.56 Å². The molecule has 0 heterocycles. The number of ether oxygens (including phenoxy) is 1. The topological polar surface area (TPSA) is 35.2 Å². The van der Waals surface area contributed by atoms with Crippen LogP contribution in [0, 0.1) is 0 Å². The van der Waals surface area contributed by atoms with Crippen molar-refractivity contribution in [3.05, 3.63) is 58.6 Å². The minimum Gasteiger partial charge on any atom is -1.00 e. The van der Waals surface area contributed by atoms with Crippen LogP contribution in [0.15, 0.2) is 53.0 Å². The lowest BCUT2D eigenvalue weighted by atomic mass is 10.1. The predicted molar refractivity (Wildman–Crippen MR) is 106 cm³/mol. The third kappa shape index (κ3) is 8.51. The number of nitrogens with two attached hydrogens (primary N) is 1. The van der Waals surface area contributed by atoms with E-state index < -0.39 is 0 Å². The first kappa shape index (κ1) is 23.4. The van der Waals surface area contributed by atoms with Crippen molar-refractivity contribution in [1.82, 2.24) is 0 Å². The number of anilines is 1. The molecule has 0 radical (unpaired) electrons. The largest absolute Gasteiger partial charge is 1.00 e. The number of hydrogen-bond acceptors (Lipinski definition) is 2. The Balaban J connectivity index is 0.00000264. The number of rotatable bonds is 7. The van der Waals surface area contributed by atoms with Crippen molar-refractivity contribution in [3.8, 4) is 5.75 Å². The van der Waals surface area contributed by atoms with Gasteiger partial charge in [0.15, 0.2) is 0 Å². The summed E-state index contributed by atoms with van der Waals surface area (Å²) in [5, 5.41) is 0. The summed E-state index contributed by atoms with van der Waals surface area (Å²) in [4.78, 5) is 0. The first-order chi connectivity index (χ1) is 10.4. The molecule has 2 aromatic carbocycles.